The topological polar surface area (TPSA) is 40.5 Å². The van der Waals surface area contributed by atoms with Gasteiger partial charge >= 0.3 is 0 Å². The van der Waals surface area contributed by atoms with Crippen molar-refractivity contribution < 1.29 is 10.2 Å². The predicted octanol–water partition coefficient (Wildman–Crippen LogP) is 2.72. The SMILES string of the molecule is CC1(C)C[C@H](O)[C@]23CC[C@@H](O)[C@](C)(CC[C@H]12)C3. The van der Waals surface area contributed by atoms with E-state index in [9.17, 15) is 10.2 Å². The Morgan fingerprint density at radius 3 is 2.35 bits per heavy atom. The van der Waals surface area contributed by atoms with Crippen LogP contribution < -0.4 is 0 Å². The molecule has 0 aromatic carbocycles. The van der Waals surface area contributed by atoms with E-state index in [0.29, 0.717) is 5.92 Å². The van der Waals surface area contributed by atoms with Gasteiger partial charge in [0.1, 0.15) is 0 Å². The lowest BCUT2D eigenvalue weighted by atomic mass is 9.49. The summed E-state index contributed by atoms with van der Waals surface area (Å²) < 4.78 is 0. The normalized spacial score (nSPS) is 56.6. The summed E-state index contributed by atoms with van der Waals surface area (Å²) in [5.74, 6) is 0.658. The predicted molar refractivity (Wildman–Crippen MR) is 67.5 cm³/mol. The average molecular weight is 238 g/mol. The lowest BCUT2D eigenvalue weighted by molar-refractivity contribution is -0.144. The molecule has 0 amide bonds. The molecule has 0 saturated heterocycles. The summed E-state index contributed by atoms with van der Waals surface area (Å²) in [7, 11) is 0. The standard InChI is InChI=1S/C15H26O2/c1-13(2)8-12(17)15-7-5-11(16)14(3,9-15)6-4-10(13)15/h10-12,16-17H,4-9H2,1-3H3/t10-,11-,12+,14-,15+/m1/s1. The Morgan fingerprint density at radius 1 is 0.941 bits per heavy atom. The van der Waals surface area contributed by atoms with E-state index in [0.717, 1.165) is 32.1 Å². The highest BCUT2D eigenvalue weighted by atomic mass is 16.3. The molecular formula is C15H26O2. The Bertz CT molecular complexity index is 338. The van der Waals surface area contributed by atoms with Crippen molar-refractivity contribution >= 4 is 0 Å². The van der Waals surface area contributed by atoms with Crippen LogP contribution in [0, 0.1) is 22.2 Å². The quantitative estimate of drug-likeness (QED) is 0.681. The smallest absolute Gasteiger partial charge is 0.0604 e. The van der Waals surface area contributed by atoms with Gasteiger partial charge in [0.25, 0.3) is 0 Å². The van der Waals surface area contributed by atoms with Gasteiger partial charge in [-0.2, -0.15) is 0 Å². The second-order valence-corrected chi connectivity index (χ2v) is 7.92. The minimum Gasteiger partial charge on any atom is -0.393 e. The highest BCUT2D eigenvalue weighted by Gasteiger charge is 2.64. The van der Waals surface area contributed by atoms with Crippen LogP contribution in [-0.2, 0) is 0 Å². The van der Waals surface area contributed by atoms with E-state index in [1.165, 1.54) is 6.42 Å². The Labute approximate surface area is 104 Å². The van der Waals surface area contributed by atoms with E-state index in [-0.39, 0.29) is 28.5 Å². The zero-order valence-electron chi connectivity index (χ0n) is 11.4. The molecule has 2 bridgehead atoms. The minimum absolute atomic E-state index is 0.0656. The summed E-state index contributed by atoms with van der Waals surface area (Å²) in [4.78, 5) is 0. The second kappa shape index (κ2) is 3.27. The molecule has 2 nitrogen and oxygen atoms in total. The van der Waals surface area contributed by atoms with Crippen LogP contribution >= 0.6 is 0 Å². The summed E-state index contributed by atoms with van der Waals surface area (Å²) in [6.45, 7) is 6.87. The first-order valence-corrected chi connectivity index (χ1v) is 7.16. The van der Waals surface area contributed by atoms with Crippen molar-refractivity contribution in [3.05, 3.63) is 0 Å². The number of fused-ring (bicyclic) bond motifs is 1. The first-order chi connectivity index (χ1) is 7.80. The lowest BCUT2D eigenvalue weighted by Crippen LogP contribution is -2.54. The van der Waals surface area contributed by atoms with Gasteiger partial charge in [0.15, 0.2) is 0 Å². The van der Waals surface area contributed by atoms with Crippen molar-refractivity contribution in [3.8, 4) is 0 Å². The van der Waals surface area contributed by atoms with Gasteiger partial charge in [-0.15, -0.1) is 0 Å². The lowest BCUT2D eigenvalue weighted by Gasteiger charge is -2.57. The van der Waals surface area contributed by atoms with Crippen LogP contribution in [0.2, 0.25) is 0 Å². The Morgan fingerprint density at radius 2 is 1.65 bits per heavy atom. The van der Waals surface area contributed by atoms with Crippen LogP contribution in [-0.4, -0.2) is 22.4 Å². The third-order valence-corrected chi connectivity index (χ3v) is 6.45. The van der Waals surface area contributed by atoms with Gasteiger partial charge in [0, 0.05) is 5.41 Å². The van der Waals surface area contributed by atoms with Crippen molar-refractivity contribution in [2.75, 3.05) is 0 Å². The van der Waals surface area contributed by atoms with E-state index in [1.807, 2.05) is 0 Å². The van der Waals surface area contributed by atoms with E-state index < -0.39 is 0 Å². The molecule has 2 heteroatoms. The minimum atomic E-state index is -0.148. The number of aliphatic hydroxyl groups is 2. The number of hydrogen-bond acceptors (Lipinski definition) is 2. The molecule has 3 rings (SSSR count). The van der Waals surface area contributed by atoms with Crippen molar-refractivity contribution in [3.63, 3.8) is 0 Å². The van der Waals surface area contributed by atoms with E-state index >= 15 is 0 Å². The first kappa shape index (κ1) is 12.0. The van der Waals surface area contributed by atoms with Crippen LogP contribution in [0.25, 0.3) is 0 Å². The van der Waals surface area contributed by atoms with Crippen LogP contribution in [0.15, 0.2) is 0 Å². The number of rotatable bonds is 0. The molecule has 5 atom stereocenters. The van der Waals surface area contributed by atoms with Gasteiger partial charge in [0.05, 0.1) is 12.2 Å². The van der Waals surface area contributed by atoms with Gasteiger partial charge in [-0.05, 0) is 55.3 Å². The van der Waals surface area contributed by atoms with Crippen LogP contribution in [0.1, 0.15) is 59.3 Å². The first-order valence-electron chi connectivity index (χ1n) is 7.16. The molecule has 1 spiro atoms. The summed E-state index contributed by atoms with van der Waals surface area (Å²) in [5, 5.41) is 20.8. The van der Waals surface area contributed by atoms with Crippen molar-refractivity contribution in [1.82, 2.24) is 0 Å². The summed E-state index contributed by atoms with van der Waals surface area (Å²) in [5.41, 5.74) is 0.467. The van der Waals surface area contributed by atoms with Gasteiger partial charge in [-0.3, -0.25) is 0 Å². The summed E-state index contributed by atoms with van der Waals surface area (Å²) >= 11 is 0. The molecule has 0 aromatic heterocycles. The molecule has 0 aliphatic heterocycles. The number of aliphatic hydroxyl groups excluding tert-OH is 2. The largest absolute Gasteiger partial charge is 0.393 e. The summed E-state index contributed by atoms with van der Waals surface area (Å²) in [6.07, 6.45) is 5.94. The third kappa shape index (κ3) is 1.40. The van der Waals surface area contributed by atoms with Gasteiger partial charge in [-0.25, -0.2) is 0 Å². The highest BCUT2D eigenvalue weighted by molar-refractivity contribution is 5.14. The van der Waals surface area contributed by atoms with E-state index in [4.69, 9.17) is 0 Å². The molecule has 0 heterocycles. The molecule has 3 saturated carbocycles. The second-order valence-electron chi connectivity index (χ2n) is 7.92. The Hall–Kier alpha value is -0.0800. The molecule has 3 fully saturated rings. The molecule has 2 N–H and O–H groups in total. The molecule has 3 aliphatic carbocycles. The van der Waals surface area contributed by atoms with E-state index in [2.05, 4.69) is 20.8 Å². The zero-order chi connectivity index (χ0) is 12.5. The fourth-order valence-corrected chi connectivity index (χ4v) is 5.56. The van der Waals surface area contributed by atoms with Crippen LogP contribution in [0.5, 0.6) is 0 Å². The molecule has 3 aliphatic rings. The maximum absolute atomic E-state index is 10.6. The van der Waals surface area contributed by atoms with Crippen LogP contribution in [0.3, 0.4) is 0 Å². The van der Waals surface area contributed by atoms with Gasteiger partial charge in [0.2, 0.25) is 0 Å². The molecule has 0 aromatic rings. The highest BCUT2D eigenvalue weighted by Crippen LogP contribution is 2.68. The van der Waals surface area contributed by atoms with Gasteiger partial charge in [-0.1, -0.05) is 20.8 Å². The molecule has 0 unspecified atom stereocenters. The average Bonchev–Trinajstić information content (AvgIpc) is 2.41. The monoisotopic (exact) mass is 238 g/mol. The van der Waals surface area contributed by atoms with Crippen molar-refractivity contribution in [1.29, 1.82) is 0 Å². The van der Waals surface area contributed by atoms with Crippen molar-refractivity contribution in [2.45, 2.75) is 71.5 Å². The van der Waals surface area contributed by atoms with Crippen molar-refractivity contribution in [2.24, 2.45) is 22.2 Å². The fraction of sp³-hybridized carbons (Fsp3) is 1.00. The van der Waals surface area contributed by atoms with Crippen LogP contribution in [0.4, 0.5) is 0 Å². The maximum atomic E-state index is 10.6. The maximum Gasteiger partial charge on any atom is 0.0604 e. The third-order valence-electron chi connectivity index (χ3n) is 6.45. The van der Waals surface area contributed by atoms with Gasteiger partial charge < -0.3 is 10.2 Å². The van der Waals surface area contributed by atoms with E-state index in [1.54, 1.807) is 0 Å². The molecule has 98 valence electrons. The summed E-state index contributed by atoms with van der Waals surface area (Å²) in [6, 6.07) is 0. The molecule has 17 heavy (non-hydrogen) atoms. The molecule has 0 radical (unpaired) electrons. The fourth-order valence-electron chi connectivity index (χ4n) is 5.56. The molecular weight excluding hydrogens is 212 g/mol. The zero-order valence-corrected chi connectivity index (χ0v) is 11.4. The Kier molecular flexibility index (Phi) is 2.30. The Balaban J connectivity index is 2.00. The number of hydrogen-bond donors (Lipinski definition) is 2.